The van der Waals surface area contributed by atoms with Crippen molar-refractivity contribution < 1.29 is 44.2 Å². The number of allylic oxidation sites excluding steroid dienone is 8. The van der Waals surface area contributed by atoms with Crippen molar-refractivity contribution in [3.8, 4) is 0 Å². The van der Waals surface area contributed by atoms with Crippen LogP contribution in [0.3, 0.4) is 0 Å². The first-order valence-electron chi connectivity index (χ1n) is 20.7. The SMILES string of the molecule is CC/C=C\C/C=C\C/C=C\C/C=C\CCCCCCCCCCC(=O)OC(COCCCCCCCCCC)COC1OC(CO)C(O)C(O)C1O. The van der Waals surface area contributed by atoms with Gasteiger partial charge in [-0.15, -0.1) is 0 Å². The predicted molar refractivity (Wildman–Crippen MR) is 210 cm³/mol. The number of hydrogen-bond donors (Lipinski definition) is 4. The molecule has 6 atom stereocenters. The van der Waals surface area contributed by atoms with Gasteiger partial charge in [-0.2, -0.15) is 0 Å². The van der Waals surface area contributed by atoms with E-state index in [1.165, 1.54) is 70.6 Å². The quantitative estimate of drug-likeness (QED) is 0.0291. The first kappa shape index (κ1) is 48.2. The third-order valence-corrected chi connectivity index (χ3v) is 9.26. The highest BCUT2D eigenvalue weighted by atomic mass is 16.7. The summed E-state index contributed by atoms with van der Waals surface area (Å²) < 4.78 is 22.7. The number of esters is 1. The summed E-state index contributed by atoms with van der Waals surface area (Å²) in [4.78, 5) is 12.7. The molecule has 1 aliphatic rings. The first-order valence-corrected chi connectivity index (χ1v) is 20.7. The molecule has 0 aliphatic carbocycles. The van der Waals surface area contributed by atoms with Gasteiger partial charge in [0.05, 0.1) is 19.8 Å². The van der Waals surface area contributed by atoms with Gasteiger partial charge in [-0.3, -0.25) is 4.79 Å². The molecule has 1 heterocycles. The van der Waals surface area contributed by atoms with Crippen molar-refractivity contribution >= 4 is 5.97 Å². The second kappa shape index (κ2) is 34.9. The monoisotopic (exact) mass is 737 g/mol. The molecule has 0 spiro atoms. The lowest BCUT2D eigenvalue weighted by Crippen LogP contribution is -2.59. The summed E-state index contributed by atoms with van der Waals surface area (Å²) in [5, 5.41) is 39.9. The molecular weight excluding hydrogens is 660 g/mol. The van der Waals surface area contributed by atoms with E-state index in [4.69, 9.17) is 18.9 Å². The van der Waals surface area contributed by atoms with Crippen LogP contribution in [-0.2, 0) is 23.7 Å². The molecular formula is C43H76O9. The molecule has 1 rings (SSSR count). The Kier molecular flexibility index (Phi) is 32.3. The molecule has 9 nitrogen and oxygen atoms in total. The molecule has 4 N–H and O–H groups in total. The van der Waals surface area contributed by atoms with Crippen LogP contribution in [-0.4, -0.2) is 89.6 Å². The van der Waals surface area contributed by atoms with Crippen molar-refractivity contribution in [1.29, 1.82) is 0 Å². The molecule has 0 amide bonds. The number of unbranched alkanes of at least 4 members (excludes halogenated alkanes) is 15. The van der Waals surface area contributed by atoms with E-state index < -0.39 is 43.4 Å². The third-order valence-electron chi connectivity index (χ3n) is 9.26. The van der Waals surface area contributed by atoms with E-state index in [2.05, 4.69) is 62.5 Å². The van der Waals surface area contributed by atoms with Crippen LogP contribution in [0, 0.1) is 0 Å². The summed E-state index contributed by atoms with van der Waals surface area (Å²) in [6.07, 6.45) is 34.3. The Morgan fingerprint density at radius 1 is 0.635 bits per heavy atom. The molecule has 302 valence electrons. The maximum absolute atomic E-state index is 12.7. The standard InChI is InChI=1S/C43H76O9/c1-3-5-7-9-11-13-14-15-16-17-18-19-20-21-22-23-24-25-26-28-30-32-39(45)51-37(35-49-33-31-29-27-12-10-8-6-4-2)36-50-43-42(48)41(47)40(46)38(34-44)52-43/h5,7,11,13,15-16,18-19,37-38,40-44,46-48H,3-4,6,8-10,12,14,17,20-36H2,1-2H3/b7-5-,13-11-,16-15-,19-18-. The number of carbonyl (C=O) groups is 1. The van der Waals surface area contributed by atoms with E-state index in [1.54, 1.807) is 0 Å². The van der Waals surface area contributed by atoms with E-state index in [-0.39, 0.29) is 19.2 Å². The predicted octanol–water partition coefficient (Wildman–Crippen LogP) is 8.58. The minimum atomic E-state index is -1.54. The number of aliphatic hydroxyl groups excluding tert-OH is 4. The van der Waals surface area contributed by atoms with Crippen LogP contribution in [0.15, 0.2) is 48.6 Å². The van der Waals surface area contributed by atoms with Crippen LogP contribution in [0.2, 0.25) is 0 Å². The summed E-state index contributed by atoms with van der Waals surface area (Å²) in [6.45, 7) is 4.40. The molecule has 1 aliphatic heterocycles. The molecule has 1 saturated heterocycles. The van der Waals surface area contributed by atoms with Crippen LogP contribution in [0.1, 0.15) is 155 Å². The van der Waals surface area contributed by atoms with Gasteiger partial charge in [-0.1, -0.05) is 146 Å². The molecule has 0 bridgehead atoms. The molecule has 0 radical (unpaired) electrons. The number of aliphatic hydroxyl groups is 4. The minimum absolute atomic E-state index is 0.117. The van der Waals surface area contributed by atoms with Gasteiger partial charge in [-0.25, -0.2) is 0 Å². The second-order valence-electron chi connectivity index (χ2n) is 14.1. The Labute approximate surface area is 316 Å². The van der Waals surface area contributed by atoms with Gasteiger partial charge in [0.1, 0.15) is 30.5 Å². The Morgan fingerprint density at radius 3 is 1.77 bits per heavy atom. The smallest absolute Gasteiger partial charge is 0.306 e. The summed E-state index contributed by atoms with van der Waals surface area (Å²) in [5.41, 5.74) is 0. The lowest BCUT2D eigenvalue weighted by molar-refractivity contribution is -0.305. The fourth-order valence-electron chi connectivity index (χ4n) is 6.01. The fourth-order valence-corrected chi connectivity index (χ4v) is 6.01. The van der Waals surface area contributed by atoms with Crippen molar-refractivity contribution in [2.75, 3.05) is 26.4 Å². The van der Waals surface area contributed by atoms with Gasteiger partial charge in [0.25, 0.3) is 0 Å². The normalized spacial score (nSPS) is 21.7. The number of hydrogen-bond acceptors (Lipinski definition) is 9. The molecule has 52 heavy (non-hydrogen) atoms. The van der Waals surface area contributed by atoms with E-state index in [9.17, 15) is 25.2 Å². The minimum Gasteiger partial charge on any atom is -0.457 e. The number of ether oxygens (including phenoxy) is 4. The highest BCUT2D eigenvalue weighted by Crippen LogP contribution is 2.22. The van der Waals surface area contributed by atoms with Crippen LogP contribution in [0.25, 0.3) is 0 Å². The Morgan fingerprint density at radius 2 is 1.17 bits per heavy atom. The average molecular weight is 737 g/mol. The first-order chi connectivity index (χ1) is 25.4. The van der Waals surface area contributed by atoms with E-state index in [0.29, 0.717) is 13.0 Å². The van der Waals surface area contributed by atoms with Gasteiger partial charge < -0.3 is 39.4 Å². The van der Waals surface area contributed by atoms with Gasteiger partial charge >= 0.3 is 5.97 Å². The summed E-state index contributed by atoms with van der Waals surface area (Å²) in [6, 6.07) is 0. The maximum Gasteiger partial charge on any atom is 0.306 e. The maximum atomic E-state index is 12.7. The Bertz CT molecular complexity index is 932. The Balaban J connectivity index is 2.24. The lowest BCUT2D eigenvalue weighted by atomic mass is 9.99. The third kappa shape index (κ3) is 26.0. The zero-order valence-corrected chi connectivity index (χ0v) is 32.8. The van der Waals surface area contributed by atoms with Crippen molar-refractivity contribution in [3.05, 3.63) is 48.6 Å². The van der Waals surface area contributed by atoms with Gasteiger partial charge in [-0.05, 0) is 51.4 Å². The zero-order valence-electron chi connectivity index (χ0n) is 32.8. The highest BCUT2D eigenvalue weighted by Gasteiger charge is 2.44. The van der Waals surface area contributed by atoms with Crippen molar-refractivity contribution in [3.63, 3.8) is 0 Å². The van der Waals surface area contributed by atoms with E-state index >= 15 is 0 Å². The second-order valence-corrected chi connectivity index (χ2v) is 14.1. The van der Waals surface area contributed by atoms with Crippen LogP contribution >= 0.6 is 0 Å². The van der Waals surface area contributed by atoms with E-state index in [0.717, 1.165) is 64.2 Å². The molecule has 0 aromatic heterocycles. The topological polar surface area (TPSA) is 135 Å². The molecule has 1 fully saturated rings. The molecule has 9 heteroatoms. The largest absolute Gasteiger partial charge is 0.457 e. The van der Waals surface area contributed by atoms with Crippen molar-refractivity contribution in [1.82, 2.24) is 0 Å². The van der Waals surface area contributed by atoms with Gasteiger partial charge in [0.2, 0.25) is 0 Å². The average Bonchev–Trinajstić information content (AvgIpc) is 3.14. The van der Waals surface area contributed by atoms with Crippen LogP contribution < -0.4 is 0 Å². The highest BCUT2D eigenvalue weighted by molar-refractivity contribution is 5.69. The zero-order chi connectivity index (χ0) is 37.9. The van der Waals surface area contributed by atoms with E-state index in [1.807, 2.05) is 0 Å². The van der Waals surface area contributed by atoms with Gasteiger partial charge in [0, 0.05) is 13.0 Å². The molecule has 0 aromatic rings. The molecule has 0 saturated carbocycles. The van der Waals surface area contributed by atoms with Crippen LogP contribution in [0.5, 0.6) is 0 Å². The number of carbonyl (C=O) groups excluding carboxylic acids is 1. The fraction of sp³-hybridized carbons (Fsp3) is 0.791. The summed E-state index contributed by atoms with van der Waals surface area (Å²) >= 11 is 0. The molecule has 0 aromatic carbocycles. The number of rotatable bonds is 34. The van der Waals surface area contributed by atoms with Crippen molar-refractivity contribution in [2.45, 2.75) is 192 Å². The summed E-state index contributed by atoms with van der Waals surface area (Å²) in [7, 11) is 0. The van der Waals surface area contributed by atoms with Gasteiger partial charge in [0.15, 0.2) is 6.29 Å². The van der Waals surface area contributed by atoms with Crippen LogP contribution in [0.4, 0.5) is 0 Å². The Hall–Kier alpha value is -1.85. The van der Waals surface area contributed by atoms with Crippen molar-refractivity contribution in [2.24, 2.45) is 0 Å². The molecule has 6 unspecified atom stereocenters. The summed E-state index contributed by atoms with van der Waals surface area (Å²) in [5.74, 6) is -0.325. The lowest BCUT2D eigenvalue weighted by Gasteiger charge is -2.39.